The van der Waals surface area contributed by atoms with E-state index in [1.165, 1.54) is 42.4 Å². The van der Waals surface area contributed by atoms with Gasteiger partial charge in [0.2, 0.25) is 0 Å². The van der Waals surface area contributed by atoms with Gasteiger partial charge in [0.05, 0.1) is 0 Å². The number of aryl methyl sites for hydroxylation is 3. The van der Waals surface area contributed by atoms with Gasteiger partial charge in [-0.05, 0) is 74.0 Å². The summed E-state index contributed by atoms with van der Waals surface area (Å²) in [6, 6.07) is 7.07. The molecule has 1 rings (SSSR count). The zero-order chi connectivity index (χ0) is 22.9. The van der Waals surface area contributed by atoms with Gasteiger partial charge in [-0.2, -0.15) is 0 Å². The molecule has 176 valence electrons. The highest BCUT2D eigenvalue weighted by Gasteiger charge is 2.07. The third-order valence-electron chi connectivity index (χ3n) is 5.95. The number of hydrogen-bond acceptors (Lipinski definition) is 2. The first-order chi connectivity index (χ1) is 14.9. The lowest BCUT2D eigenvalue weighted by atomic mass is 9.92. The molecule has 0 fully saturated rings. The second-order valence-corrected chi connectivity index (χ2v) is 9.36. The summed E-state index contributed by atoms with van der Waals surface area (Å²) in [5.74, 6) is -0.663. The second-order valence-electron chi connectivity index (χ2n) is 9.36. The summed E-state index contributed by atoms with van der Waals surface area (Å²) in [4.78, 5) is 21.2. The maximum Gasteiger partial charge on any atom is 0.303 e. The summed E-state index contributed by atoms with van der Waals surface area (Å²) in [6.07, 6.45) is 15.7. The highest BCUT2D eigenvalue weighted by atomic mass is 16.4. The van der Waals surface area contributed by atoms with E-state index in [1.807, 2.05) is 0 Å². The second kappa shape index (κ2) is 16.8. The Kier molecular flexibility index (Phi) is 14.7. The third-order valence-corrected chi connectivity index (χ3v) is 5.95. The molecule has 0 bridgehead atoms. The Hall–Kier alpha value is -1.84. The topological polar surface area (TPSA) is 74.6 Å². The average Bonchev–Trinajstić information content (AvgIpc) is 2.71. The van der Waals surface area contributed by atoms with E-state index in [0.717, 1.165) is 70.1 Å². The summed E-state index contributed by atoms with van der Waals surface area (Å²) in [5, 5.41) is 17.4. The van der Waals surface area contributed by atoms with E-state index in [1.54, 1.807) is 0 Å². The van der Waals surface area contributed by atoms with Gasteiger partial charge >= 0.3 is 11.9 Å². The minimum absolute atomic E-state index is 0.290. The van der Waals surface area contributed by atoms with Crippen molar-refractivity contribution in [1.82, 2.24) is 0 Å². The molecule has 0 heterocycles. The average molecular weight is 433 g/mol. The molecule has 0 saturated heterocycles. The van der Waals surface area contributed by atoms with Crippen LogP contribution in [0.15, 0.2) is 18.2 Å². The monoisotopic (exact) mass is 432 g/mol. The molecule has 1 aromatic carbocycles. The maximum absolute atomic E-state index is 10.6. The lowest BCUT2D eigenvalue weighted by molar-refractivity contribution is -0.138. The molecule has 0 spiro atoms. The van der Waals surface area contributed by atoms with Crippen LogP contribution in [0.3, 0.4) is 0 Å². The van der Waals surface area contributed by atoms with Crippen molar-refractivity contribution in [3.63, 3.8) is 0 Å². The van der Waals surface area contributed by atoms with Gasteiger partial charge in [-0.1, -0.05) is 70.6 Å². The number of unbranched alkanes of at least 4 members (excludes halogenated alkanes) is 8. The molecule has 0 atom stereocenters. The van der Waals surface area contributed by atoms with E-state index in [4.69, 9.17) is 10.2 Å². The molecule has 0 aliphatic heterocycles. The van der Waals surface area contributed by atoms with Crippen LogP contribution in [-0.4, -0.2) is 22.2 Å². The van der Waals surface area contributed by atoms with Crippen LogP contribution in [0.2, 0.25) is 0 Å². The first kappa shape index (κ1) is 27.2. The number of carboxylic acid groups (broad SMARTS) is 2. The number of hydrogen-bond donors (Lipinski definition) is 2. The Morgan fingerprint density at radius 2 is 1.16 bits per heavy atom. The molecule has 4 heteroatoms. The van der Waals surface area contributed by atoms with E-state index in [9.17, 15) is 9.59 Å². The van der Waals surface area contributed by atoms with Crippen LogP contribution < -0.4 is 0 Å². The van der Waals surface area contributed by atoms with Crippen LogP contribution in [0.1, 0.15) is 114 Å². The van der Waals surface area contributed by atoms with Crippen LogP contribution in [0, 0.1) is 5.92 Å². The lowest BCUT2D eigenvalue weighted by Gasteiger charge is -2.13. The van der Waals surface area contributed by atoms with Crippen molar-refractivity contribution < 1.29 is 19.8 Å². The van der Waals surface area contributed by atoms with Gasteiger partial charge in [0.1, 0.15) is 0 Å². The number of carbonyl (C=O) groups is 2. The van der Waals surface area contributed by atoms with E-state index >= 15 is 0 Å². The maximum atomic E-state index is 10.6. The fourth-order valence-electron chi connectivity index (χ4n) is 4.01. The molecule has 0 aromatic heterocycles. The van der Waals surface area contributed by atoms with E-state index < -0.39 is 11.9 Å². The molecule has 0 amide bonds. The van der Waals surface area contributed by atoms with Gasteiger partial charge < -0.3 is 10.2 Å². The van der Waals surface area contributed by atoms with Gasteiger partial charge in [0, 0.05) is 12.8 Å². The SMILES string of the molecule is CC(C)CCc1ccc(CCCCCCCC(=O)O)c(CCCCCCCC(=O)O)c1. The van der Waals surface area contributed by atoms with Crippen molar-refractivity contribution in [3.8, 4) is 0 Å². The van der Waals surface area contributed by atoms with E-state index in [0.29, 0.717) is 6.42 Å². The van der Waals surface area contributed by atoms with Crippen molar-refractivity contribution in [2.75, 3.05) is 0 Å². The minimum Gasteiger partial charge on any atom is -0.481 e. The summed E-state index contributed by atoms with van der Waals surface area (Å²) in [7, 11) is 0. The predicted octanol–water partition coefficient (Wildman–Crippen LogP) is 7.21. The van der Waals surface area contributed by atoms with Gasteiger partial charge in [0.15, 0.2) is 0 Å². The van der Waals surface area contributed by atoms with Crippen LogP contribution in [0.4, 0.5) is 0 Å². The minimum atomic E-state index is -0.691. The van der Waals surface area contributed by atoms with Gasteiger partial charge in [-0.25, -0.2) is 0 Å². The molecule has 31 heavy (non-hydrogen) atoms. The normalized spacial score (nSPS) is 11.2. The van der Waals surface area contributed by atoms with Crippen LogP contribution in [-0.2, 0) is 28.9 Å². The van der Waals surface area contributed by atoms with Crippen molar-refractivity contribution in [2.24, 2.45) is 5.92 Å². The zero-order valence-corrected chi connectivity index (χ0v) is 19.8. The van der Waals surface area contributed by atoms with Crippen LogP contribution in [0.5, 0.6) is 0 Å². The fourth-order valence-corrected chi connectivity index (χ4v) is 4.01. The largest absolute Gasteiger partial charge is 0.481 e. The highest BCUT2D eigenvalue weighted by molar-refractivity contribution is 5.66. The molecule has 1 aromatic rings. The van der Waals surface area contributed by atoms with Crippen molar-refractivity contribution in [1.29, 1.82) is 0 Å². The highest BCUT2D eigenvalue weighted by Crippen LogP contribution is 2.21. The Labute approximate surface area is 189 Å². The molecule has 0 aliphatic carbocycles. The molecule has 0 saturated carbocycles. The molecular formula is C27H44O4. The van der Waals surface area contributed by atoms with Crippen LogP contribution in [0.25, 0.3) is 0 Å². The summed E-state index contributed by atoms with van der Waals surface area (Å²) in [6.45, 7) is 4.55. The summed E-state index contributed by atoms with van der Waals surface area (Å²) >= 11 is 0. The first-order valence-corrected chi connectivity index (χ1v) is 12.4. The van der Waals surface area contributed by atoms with Gasteiger partial charge in [-0.3, -0.25) is 9.59 Å². The lowest BCUT2D eigenvalue weighted by Crippen LogP contribution is -2.00. The van der Waals surface area contributed by atoms with Crippen molar-refractivity contribution >= 4 is 11.9 Å². The third kappa shape index (κ3) is 14.7. The molecule has 2 N–H and O–H groups in total. The Balaban J connectivity index is 2.46. The predicted molar refractivity (Wildman–Crippen MR) is 128 cm³/mol. The molecular weight excluding hydrogens is 388 g/mol. The number of carboxylic acids is 2. The molecule has 0 radical (unpaired) electrons. The van der Waals surface area contributed by atoms with Gasteiger partial charge in [-0.15, -0.1) is 0 Å². The molecule has 0 unspecified atom stereocenters. The molecule has 4 nitrogen and oxygen atoms in total. The molecule has 0 aliphatic rings. The van der Waals surface area contributed by atoms with Crippen LogP contribution >= 0.6 is 0 Å². The Morgan fingerprint density at radius 3 is 1.68 bits per heavy atom. The van der Waals surface area contributed by atoms with Gasteiger partial charge in [0.25, 0.3) is 0 Å². The summed E-state index contributed by atoms with van der Waals surface area (Å²) in [5.41, 5.74) is 4.42. The Bertz CT molecular complexity index is 636. The standard InChI is InChI=1S/C27H44O4/c1-22(2)17-18-23-19-20-24(13-9-5-3-7-11-15-26(28)29)25(21-23)14-10-6-4-8-12-16-27(30)31/h19-22H,3-18H2,1-2H3,(H,28,29)(H,30,31). The first-order valence-electron chi connectivity index (χ1n) is 12.4. The van der Waals surface area contributed by atoms with E-state index in [2.05, 4.69) is 32.0 Å². The smallest absolute Gasteiger partial charge is 0.303 e. The number of rotatable bonds is 19. The Morgan fingerprint density at radius 1 is 0.677 bits per heavy atom. The zero-order valence-electron chi connectivity index (χ0n) is 19.8. The number of benzene rings is 1. The fraction of sp³-hybridized carbons (Fsp3) is 0.704. The van der Waals surface area contributed by atoms with E-state index in [-0.39, 0.29) is 6.42 Å². The summed E-state index contributed by atoms with van der Waals surface area (Å²) < 4.78 is 0. The van der Waals surface area contributed by atoms with Crippen molar-refractivity contribution in [3.05, 3.63) is 34.9 Å². The quantitative estimate of drug-likeness (QED) is 0.226. The van der Waals surface area contributed by atoms with Crippen molar-refractivity contribution in [2.45, 2.75) is 117 Å². The number of aliphatic carboxylic acids is 2.